The largest absolute Gasteiger partial charge is 0.508 e. The van der Waals surface area contributed by atoms with Gasteiger partial charge in [-0.3, -0.25) is 0 Å². The predicted octanol–water partition coefficient (Wildman–Crippen LogP) is 4.46. The molecule has 0 bridgehead atoms. The van der Waals surface area contributed by atoms with Gasteiger partial charge in [0, 0.05) is 5.56 Å². The van der Waals surface area contributed by atoms with Crippen molar-refractivity contribution in [3.8, 4) is 5.75 Å². The number of phenolic OH excluding ortho intramolecular Hbond substituents is 1. The van der Waals surface area contributed by atoms with Gasteiger partial charge in [-0.25, -0.2) is 4.79 Å². The van der Waals surface area contributed by atoms with Gasteiger partial charge in [-0.1, -0.05) is 41.5 Å². The molecule has 106 valence electrons. The molecule has 3 heteroatoms. The van der Waals surface area contributed by atoms with E-state index in [2.05, 4.69) is 0 Å². The van der Waals surface area contributed by atoms with E-state index in [9.17, 15) is 15.0 Å². The minimum atomic E-state index is -0.976. The Morgan fingerprint density at radius 3 is 1.63 bits per heavy atom. The third-order valence-electron chi connectivity index (χ3n) is 3.39. The molecule has 0 aliphatic heterocycles. The molecule has 3 nitrogen and oxygen atoms in total. The number of benzene rings is 1. The SMILES string of the molecule is CC(C)c1c(O)cc(C(=O)O)c(C(C)C)c1C(C)C. The summed E-state index contributed by atoms with van der Waals surface area (Å²) in [5.74, 6) is -0.420. The summed E-state index contributed by atoms with van der Waals surface area (Å²) < 4.78 is 0. The summed E-state index contributed by atoms with van der Waals surface area (Å²) in [5.41, 5.74) is 2.94. The molecule has 19 heavy (non-hydrogen) atoms. The van der Waals surface area contributed by atoms with E-state index < -0.39 is 5.97 Å². The Morgan fingerprint density at radius 2 is 1.32 bits per heavy atom. The molecule has 0 saturated heterocycles. The number of rotatable bonds is 4. The van der Waals surface area contributed by atoms with Gasteiger partial charge in [0.2, 0.25) is 0 Å². The lowest BCUT2D eigenvalue weighted by atomic mass is 9.80. The Morgan fingerprint density at radius 1 is 0.895 bits per heavy atom. The Kier molecular flexibility index (Phi) is 4.61. The van der Waals surface area contributed by atoms with Crippen molar-refractivity contribution in [3.05, 3.63) is 28.3 Å². The molecule has 0 atom stereocenters. The van der Waals surface area contributed by atoms with Gasteiger partial charge in [0.25, 0.3) is 0 Å². The first-order valence-electron chi connectivity index (χ1n) is 6.81. The van der Waals surface area contributed by atoms with Crippen LogP contribution in [0.4, 0.5) is 0 Å². The first-order valence-corrected chi connectivity index (χ1v) is 6.81. The van der Waals surface area contributed by atoms with Crippen molar-refractivity contribution in [1.29, 1.82) is 0 Å². The van der Waals surface area contributed by atoms with Crippen LogP contribution < -0.4 is 0 Å². The second kappa shape index (κ2) is 5.64. The van der Waals surface area contributed by atoms with Gasteiger partial charge in [0.05, 0.1) is 5.56 Å². The lowest BCUT2D eigenvalue weighted by Gasteiger charge is -2.25. The van der Waals surface area contributed by atoms with Crippen LogP contribution >= 0.6 is 0 Å². The number of carbonyl (C=O) groups is 1. The maximum atomic E-state index is 11.4. The Bertz CT molecular complexity index is 485. The van der Waals surface area contributed by atoms with E-state index in [0.717, 1.165) is 16.7 Å². The second-order valence-corrected chi connectivity index (χ2v) is 5.95. The molecule has 1 aromatic rings. The van der Waals surface area contributed by atoms with Crippen LogP contribution in [0, 0.1) is 0 Å². The Balaban J connectivity index is 3.81. The lowest BCUT2D eigenvalue weighted by Crippen LogP contribution is -2.12. The van der Waals surface area contributed by atoms with E-state index >= 15 is 0 Å². The van der Waals surface area contributed by atoms with Crippen molar-refractivity contribution in [2.24, 2.45) is 0 Å². The number of carboxylic acids is 1. The number of hydrogen-bond donors (Lipinski definition) is 2. The average molecular weight is 264 g/mol. The van der Waals surface area contributed by atoms with E-state index in [-0.39, 0.29) is 29.1 Å². The first kappa shape index (κ1) is 15.5. The van der Waals surface area contributed by atoms with Crippen LogP contribution in [0.3, 0.4) is 0 Å². The summed E-state index contributed by atoms with van der Waals surface area (Å²) in [6, 6.07) is 1.40. The highest BCUT2D eigenvalue weighted by molar-refractivity contribution is 5.91. The molecule has 0 amide bonds. The van der Waals surface area contributed by atoms with Crippen molar-refractivity contribution >= 4 is 5.97 Å². The molecule has 0 aliphatic carbocycles. The highest BCUT2D eigenvalue weighted by Gasteiger charge is 2.25. The zero-order valence-corrected chi connectivity index (χ0v) is 12.6. The minimum Gasteiger partial charge on any atom is -0.508 e. The van der Waals surface area contributed by atoms with E-state index in [1.165, 1.54) is 6.07 Å². The van der Waals surface area contributed by atoms with E-state index in [0.29, 0.717) is 0 Å². The van der Waals surface area contributed by atoms with Gasteiger partial charge in [-0.15, -0.1) is 0 Å². The van der Waals surface area contributed by atoms with Crippen molar-refractivity contribution in [2.75, 3.05) is 0 Å². The summed E-state index contributed by atoms with van der Waals surface area (Å²) in [7, 11) is 0. The fourth-order valence-corrected chi connectivity index (χ4v) is 2.75. The number of aromatic hydroxyl groups is 1. The van der Waals surface area contributed by atoms with E-state index in [1.807, 2.05) is 41.5 Å². The third kappa shape index (κ3) is 2.91. The van der Waals surface area contributed by atoms with Crippen molar-refractivity contribution in [2.45, 2.75) is 59.3 Å². The molecule has 0 aliphatic rings. The number of aromatic carboxylic acids is 1. The maximum absolute atomic E-state index is 11.4. The highest BCUT2D eigenvalue weighted by Crippen LogP contribution is 2.40. The van der Waals surface area contributed by atoms with Crippen LogP contribution in [0.2, 0.25) is 0 Å². The van der Waals surface area contributed by atoms with Gasteiger partial charge in [0.15, 0.2) is 0 Å². The standard InChI is InChI=1S/C16H24O3/c1-8(2)13-11(16(18)19)7-12(17)14(9(3)4)15(13)10(5)6/h7-10,17H,1-6H3,(H,18,19). The quantitative estimate of drug-likeness (QED) is 0.844. The molecule has 0 heterocycles. The van der Waals surface area contributed by atoms with Crippen LogP contribution in [0.1, 0.15) is 86.3 Å². The van der Waals surface area contributed by atoms with Gasteiger partial charge < -0.3 is 10.2 Å². The number of phenols is 1. The minimum absolute atomic E-state index is 0.0977. The van der Waals surface area contributed by atoms with Crippen molar-refractivity contribution in [1.82, 2.24) is 0 Å². The van der Waals surface area contributed by atoms with Gasteiger partial charge in [-0.2, -0.15) is 0 Å². The lowest BCUT2D eigenvalue weighted by molar-refractivity contribution is 0.0694. The van der Waals surface area contributed by atoms with Crippen LogP contribution in [0.15, 0.2) is 6.07 Å². The Hall–Kier alpha value is -1.51. The number of carboxylic acid groups (broad SMARTS) is 1. The molecule has 1 rings (SSSR count). The van der Waals surface area contributed by atoms with Crippen LogP contribution in [-0.2, 0) is 0 Å². The van der Waals surface area contributed by atoms with Crippen molar-refractivity contribution in [3.63, 3.8) is 0 Å². The van der Waals surface area contributed by atoms with Crippen molar-refractivity contribution < 1.29 is 15.0 Å². The normalized spacial score (nSPS) is 11.6. The van der Waals surface area contributed by atoms with Crippen LogP contribution in [-0.4, -0.2) is 16.2 Å². The molecule has 0 fully saturated rings. The first-order chi connectivity index (χ1) is 8.68. The van der Waals surface area contributed by atoms with E-state index in [4.69, 9.17) is 0 Å². The summed E-state index contributed by atoms with van der Waals surface area (Å²) in [4.78, 5) is 11.4. The Labute approximate surface area is 115 Å². The molecular weight excluding hydrogens is 240 g/mol. The van der Waals surface area contributed by atoms with Gasteiger partial charge in [-0.05, 0) is 34.9 Å². The summed E-state index contributed by atoms with van der Waals surface area (Å²) in [6.07, 6.45) is 0. The summed E-state index contributed by atoms with van der Waals surface area (Å²) in [6.45, 7) is 12.1. The maximum Gasteiger partial charge on any atom is 0.336 e. The molecule has 1 aromatic carbocycles. The van der Waals surface area contributed by atoms with Crippen LogP contribution in [0.5, 0.6) is 5.75 Å². The molecule has 2 N–H and O–H groups in total. The molecule has 0 radical (unpaired) electrons. The summed E-state index contributed by atoms with van der Waals surface area (Å²) >= 11 is 0. The predicted molar refractivity (Wildman–Crippen MR) is 77.3 cm³/mol. The topological polar surface area (TPSA) is 57.5 Å². The fraction of sp³-hybridized carbons (Fsp3) is 0.562. The molecule has 0 saturated carbocycles. The summed E-state index contributed by atoms with van der Waals surface area (Å²) in [5, 5.41) is 19.5. The van der Waals surface area contributed by atoms with Crippen LogP contribution in [0.25, 0.3) is 0 Å². The third-order valence-corrected chi connectivity index (χ3v) is 3.39. The average Bonchev–Trinajstić information content (AvgIpc) is 2.25. The van der Waals surface area contributed by atoms with Gasteiger partial charge in [0.1, 0.15) is 5.75 Å². The van der Waals surface area contributed by atoms with E-state index in [1.54, 1.807) is 0 Å². The monoisotopic (exact) mass is 264 g/mol. The number of hydrogen-bond acceptors (Lipinski definition) is 2. The zero-order valence-electron chi connectivity index (χ0n) is 12.6. The molecule has 0 unspecified atom stereocenters. The molecular formula is C16H24O3. The van der Waals surface area contributed by atoms with Gasteiger partial charge >= 0.3 is 5.97 Å². The highest BCUT2D eigenvalue weighted by atomic mass is 16.4. The fourth-order valence-electron chi connectivity index (χ4n) is 2.75. The molecule has 0 spiro atoms. The zero-order chi connectivity index (χ0) is 14.9. The second-order valence-electron chi connectivity index (χ2n) is 5.95. The smallest absolute Gasteiger partial charge is 0.336 e. The molecule has 0 aromatic heterocycles.